The van der Waals surface area contributed by atoms with Gasteiger partial charge in [0.05, 0.1) is 12.2 Å². The summed E-state index contributed by atoms with van der Waals surface area (Å²) in [5.74, 6) is -1.07. The third-order valence-corrected chi connectivity index (χ3v) is 2.52. The van der Waals surface area contributed by atoms with Crippen molar-refractivity contribution < 1.29 is 24.1 Å². The number of hydrogen-bond acceptors (Lipinski definition) is 5. The van der Waals surface area contributed by atoms with Crippen molar-refractivity contribution in [3.05, 3.63) is 36.1 Å². The van der Waals surface area contributed by atoms with E-state index in [2.05, 4.69) is 6.58 Å². The Balaban J connectivity index is 0.000000444. The highest BCUT2D eigenvalue weighted by Crippen LogP contribution is 2.34. The van der Waals surface area contributed by atoms with Crippen molar-refractivity contribution in [2.75, 3.05) is 6.61 Å². The first-order chi connectivity index (χ1) is 9.26. The van der Waals surface area contributed by atoms with Crippen LogP contribution in [0.4, 0.5) is 0 Å². The normalized spacial score (nSPS) is 25.9. The lowest BCUT2D eigenvalue weighted by atomic mass is 9.99. The van der Waals surface area contributed by atoms with Gasteiger partial charge in [-0.25, -0.2) is 4.79 Å². The largest absolute Gasteiger partial charge is 0.876 e. The van der Waals surface area contributed by atoms with E-state index in [4.69, 9.17) is 14.2 Å². The summed E-state index contributed by atoms with van der Waals surface area (Å²) in [6.45, 7) is 10.2. The van der Waals surface area contributed by atoms with Crippen LogP contribution in [-0.2, 0) is 19.0 Å². The SMILES string of the molecule is C=C(C)[O-].CCOC(=O)C1=CC=C[C@@H]2OC(C)(C)O[C@H]12. The van der Waals surface area contributed by atoms with Gasteiger partial charge in [0.25, 0.3) is 0 Å². The molecule has 20 heavy (non-hydrogen) atoms. The van der Waals surface area contributed by atoms with Gasteiger partial charge in [-0.3, -0.25) is 0 Å². The predicted molar refractivity (Wildman–Crippen MR) is 72.5 cm³/mol. The van der Waals surface area contributed by atoms with E-state index in [-0.39, 0.29) is 23.9 Å². The van der Waals surface area contributed by atoms with Gasteiger partial charge in [0.15, 0.2) is 5.79 Å². The molecule has 0 aromatic carbocycles. The zero-order valence-electron chi connectivity index (χ0n) is 12.3. The van der Waals surface area contributed by atoms with E-state index < -0.39 is 5.79 Å². The van der Waals surface area contributed by atoms with E-state index in [1.54, 1.807) is 19.1 Å². The van der Waals surface area contributed by atoms with Gasteiger partial charge in [-0.2, -0.15) is 0 Å². The minimum absolute atomic E-state index is 0.0833. The topological polar surface area (TPSA) is 67.8 Å². The quantitative estimate of drug-likeness (QED) is 0.566. The molecule has 0 radical (unpaired) electrons. The van der Waals surface area contributed by atoms with Gasteiger partial charge in [-0.05, 0) is 26.8 Å². The molecule has 1 aliphatic heterocycles. The fraction of sp³-hybridized carbons (Fsp3) is 0.533. The third-order valence-electron chi connectivity index (χ3n) is 2.52. The van der Waals surface area contributed by atoms with Crippen molar-refractivity contribution >= 4 is 5.97 Å². The summed E-state index contributed by atoms with van der Waals surface area (Å²) < 4.78 is 16.3. The number of allylic oxidation sites excluding steroid dienone is 3. The maximum absolute atomic E-state index is 11.7. The summed E-state index contributed by atoms with van der Waals surface area (Å²) in [7, 11) is 0. The molecule has 0 unspecified atom stereocenters. The van der Waals surface area contributed by atoms with Crippen molar-refractivity contribution in [3.8, 4) is 0 Å². The van der Waals surface area contributed by atoms with Crippen LogP contribution < -0.4 is 5.11 Å². The van der Waals surface area contributed by atoms with Crippen LogP contribution in [0.15, 0.2) is 36.1 Å². The fourth-order valence-corrected chi connectivity index (χ4v) is 1.93. The maximum Gasteiger partial charge on any atom is 0.336 e. The Morgan fingerprint density at radius 2 is 2.10 bits per heavy atom. The Hall–Kier alpha value is -1.59. The average molecular weight is 281 g/mol. The summed E-state index contributed by atoms with van der Waals surface area (Å²) in [6, 6.07) is 0. The molecule has 0 bridgehead atoms. The number of rotatable bonds is 2. The minimum Gasteiger partial charge on any atom is -0.876 e. The van der Waals surface area contributed by atoms with Crippen LogP contribution in [0, 0.1) is 0 Å². The summed E-state index contributed by atoms with van der Waals surface area (Å²) in [6.07, 6.45) is 4.88. The van der Waals surface area contributed by atoms with Crippen LogP contribution in [0.25, 0.3) is 0 Å². The number of carbonyl (C=O) groups is 1. The van der Waals surface area contributed by atoms with Crippen molar-refractivity contribution in [1.29, 1.82) is 0 Å². The number of fused-ring (bicyclic) bond motifs is 1. The molecule has 2 aliphatic rings. The van der Waals surface area contributed by atoms with Gasteiger partial charge >= 0.3 is 5.97 Å². The van der Waals surface area contributed by atoms with E-state index in [0.717, 1.165) is 0 Å². The Morgan fingerprint density at radius 1 is 1.50 bits per heavy atom. The molecule has 2 rings (SSSR count). The van der Waals surface area contributed by atoms with Crippen LogP contribution in [0.3, 0.4) is 0 Å². The first-order valence-electron chi connectivity index (χ1n) is 6.50. The van der Waals surface area contributed by atoms with Gasteiger partial charge in [-0.15, -0.1) is 12.3 Å². The lowest BCUT2D eigenvalue weighted by Gasteiger charge is -2.19. The summed E-state index contributed by atoms with van der Waals surface area (Å²) in [5, 5.41) is 9.33. The Kier molecular flexibility index (Phi) is 5.53. The number of carbonyl (C=O) groups excluding carboxylic acids is 1. The second kappa shape index (κ2) is 6.72. The first kappa shape index (κ1) is 16.5. The molecule has 0 saturated carbocycles. The van der Waals surface area contributed by atoms with Crippen LogP contribution in [0.5, 0.6) is 0 Å². The van der Waals surface area contributed by atoms with Crippen LogP contribution >= 0.6 is 0 Å². The Labute approximate surface area is 119 Å². The lowest BCUT2D eigenvalue weighted by molar-refractivity contribution is -0.300. The maximum atomic E-state index is 11.7. The highest BCUT2D eigenvalue weighted by Gasteiger charge is 2.44. The number of esters is 1. The van der Waals surface area contributed by atoms with Gasteiger partial charge in [-0.1, -0.05) is 19.1 Å². The van der Waals surface area contributed by atoms with Crippen molar-refractivity contribution in [2.24, 2.45) is 0 Å². The number of hydrogen-bond donors (Lipinski definition) is 0. The molecule has 0 aromatic heterocycles. The van der Waals surface area contributed by atoms with Crippen LogP contribution in [-0.4, -0.2) is 30.6 Å². The van der Waals surface area contributed by atoms with Gasteiger partial charge in [0.2, 0.25) is 0 Å². The molecule has 112 valence electrons. The average Bonchev–Trinajstić information content (AvgIpc) is 2.61. The van der Waals surface area contributed by atoms with E-state index in [1.165, 1.54) is 6.92 Å². The van der Waals surface area contributed by atoms with Crippen LogP contribution in [0.2, 0.25) is 0 Å². The molecule has 1 aliphatic carbocycles. The standard InChI is InChI=1S/C12H16O4.C3H6O/c1-4-14-11(13)8-6-5-7-9-10(8)16-12(2,3)15-9;1-3(2)4/h5-7,9-10H,4H2,1-3H3;4H,1H2,2H3/p-1/t9-,10+;/m0./s1. The minimum atomic E-state index is -0.657. The molecule has 1 heterocycles. The fourth-order valence-electron chi connectivity index (χ4n) is 1.93. The zero-order chi connectivity index (χ0) is 15.3. The smallest absolute Gasteiger partial charge is 0.336 e. The molecule has 5 nitrogen and oxygen atoms in total. The monoisotopic (exact) mass is 281 g/mol. The van der Waals surface area contributed by atoms with Crippen LogP contribution in [0.1, 0.15) is 27.7 Å². The zero-order valence-corrected chi connectivity index (χ0v) is 12.3. The second-order valence-electron chi connectivity index (χ2n) is 4.95. The van der Waals surface area contributed by atoms with Gasteiger partial charge in [0, 0.05) is 0 Å². The summed E-state index contributed by atoms with van der Waals surface area (Å²) >= 11 is 0. The molecule has 2 atom stereocenters. The van der Waals surface area contributed by atoms with Crippen molar-refractivity contribution in [2.45, 2.75) is 45.7 Å². The van der Waals surface area contributed by atoms with E-state index in [1.807, 2.05) is 19.9 Å². The molecule has 1 saturated heterocycles. The molecular formula is C15H21O5-. The third kappa shape index (κ3) is 4.51. The molecule has 0 N–H and O–H groups in total. The molecular weight excluding hydrogens is 260 g/mol. The van der Waals surface area contributed by atoms with E-state index in [9.17, 15) is 9.90 Å². The van der Waals surface area contributed by atoms with Gasteiger partial charge in [0.1, 0.15) is 12.2 Å². The predicted octanol–water partition coefficient (Wildman–Crippen LogP) is 1.45. The molecule has 5 heteroatoms. The molecule has 0 spiro atoms. The second-order valence-corrected chi connectivity index (χ2v) is 4.95. The molecule has 0 aromatic rings. The van der Waals surface area contributed by atoms with E-state index >= 15 is 0 Å². The van der Waals surface area contributed by atoms with E-state index in [0.29, 0.717) is 12.2 Å². The van der Waals surface area contributed by atoms with Gasteiger partial charge < -0.3 is 19.3 Å². The highest BCUT2D eigenvalue weighted by molar-refractivity contribution is 5.90. The lowest BCUT2D eigenvalue weighted by Crippen LogP contribution is -2.30. The van der Waals surface area contributed by atoms with Crippen molar-refractivity contribution in [1.82, 2.24) is 0 Å². The Bertz CT molecular complexity index is 430. The molecule has 1 fully saturated rings. The Morgan fingerprint density at radius 3 is 2.65 bits per heavy atom. The summed E-state index contributed by atoms with van der Waals surface area (Å²) in [5.41, 5.74) is 0.528. The van der Waals surface area contributed by atoms with Crippen molar-refractivity contribution in [3.63, 3.8) is 0 Å². The number of ether oxygens (including phenoxy) is 3. The highest BCUT2D eigenvalue weighted by atomic mass is 16.8. The molecule has 0 amide bonds. The first-order valence-corrected chi connectivity index (χ1v) is 6.50. The summed E-state index contributed by atoms with van der Waals surface area (Å²) in [4.78, 5) is 11.7.